The summed E-state index contributed by atoms with van der Waals surface area (Å²) in [4.78, 5) is 34.0. The zero-order valence-corrected chi connectivity index (χ0v) is 20.2. The molecule has 180 valence electrons. The molecule has 8 nitrogen and oxygen atoms in total. The van der Waals surface area contributed by atoms with E-state index in [2.05, 4.69) is 29.1 Å². The van der Waals surface area contributed by atoms with Gasteiger partial charge in [-0.1, -0.05) is 6.92 Å². The first-order chi connectivity index (χ1) is 15.8. The van der Waals surface area contributed by atoms with Crippen LogP contribution in [0.25, 0.3) is 11.1 Å². The Morgan fingerprint density at radius 3 is 2.61 bits per heavy atom. The molecule has 1 N–H and O–H groups in total. The lowest BCUT2D eigenvalue weighted by molar-refractivity contribution is -0.134. The first-order valence-corrected chi connectivity index (χ1v) is 12.5. The summed E-state index contributed by atoms with van der Waals surface area (Å²) >= 11 is 0. The van der Waals surface area contributed by atoms with Crippen LogP contribution in [0, 0.1) is 5.92 Å². The molecule has 8 heteroatoms. The molecule has 2 aromatic heterocycles. The Hall–Kier alpha value is -2.32. The average molecular weight is 456 g/mol. The average Bonchev–Trinajstić information content (AvgIpc) is 3.39. The Kier molecular flexibility index (Phi) is 5.99. The number of hydrogen-bond acceptors (Lipinski definition) is 5. The van der Waals surface area contributed by atoms with Crippen LogP contribution >= 0.6 is 0 Å². The molecule has 0 aromatic carbocycles. The van der Waals surface area contributed by atoms with Crippen molar-refractivity contribution in [3.05, 3.63) is 24.1 Å². The predicted molar refractivity (Wildman–Crippen MR) is 127 cm³/mol. The van der Waals surface area contributed by atoms with Gasteiger partial charge in [0.25, 0.3) is 5.91 Å². The van der Waals surface area contributed by atoms with Gasteiger partial charge in [-0.25, -0.2) is 0 Å². The lowest BCUT2D eigenvalue weighted by Crippen LogP contribution is -2.66. The molecule has 3 aliphatic rings. The van der Waals surface area contributed by atoms with Crippen LogP contribution in [-0.2, 0) is 11.3 Å². The van der Waals surface area contributed by atoms with Gasteiger partial charge in [-0.2, -0.15) is 0 Å². The normalized spacial score (nSPS) is 29.4. The first-order valence-electron chi connectivity index (χ1n) is 12.5. The molecule has 33 heavy (non-hydrogen) atoms. The first kappa shape index (κ1) is 22.5. The molecule has 1 aliphatic carbocycles. The van der Waals surface area contributed by atoms with Crippen molar-refractivity contribution in [3.63, 3.8) is 0 Å². The second-order valence-corrected chi connectivity index (χ2v) is 10.6. The third kappa shape index (κ3) is 4.19. The SMILES string of the molecule is CC1CCC(NC(=O)C2(C)Cn3c(cc4occc43)C(=O)N2CCN2CCN(C)CC2)CC1. The Bertz CT molecular complexity index is 1010. The van der Waals surface area contributed by atoms with Gasteiger partial charge in [-0.15, -0.1) is 0 Å². The summed E-state index contributed by atoms with van der Waals surface area (Å²) in [6, 6.07) is 3.90. The molecule has 1 saturated heterocycles. The van der Waals surface area contributed by atoms with Crippen molar-refractivity contribution >= 4 is 22.9 Å². The molecular formula is C25H37N5O3. The van der Waals surface area contributed by atoms with Gasteiger partial charge in [0.2, 0.25) is 5.91 Å². The number of rotatable bonds is 5. The highest BCUT2D eigenvalue weighted by molar-refractivity contribution is 6.02. The minimum Gasteiger partial charge on any atom is -0.463 e. The summed E-state index contributed by atoms with van der Waals surface area (Å²) in [5, 5.41) is 3.32. The molecule has 1 saturated carbocycles. The van der Waals surface area contributed by atoms with Crippen LogP contribution in [0.3, 0.4) is 0 Å². The fourth-order valence-corrected chi connectivity index (χ4v) is 5.68. The zero-order chi connectivity index (χ0) is 23.2. The highest BCUT2D eigenvalue weighted by Crippen LogP contribution is 2.33. The topological polar surface area (TPSA) is 74.0 Å². The smallest absolute Gasteiger partial charge is 0.271 e. The maximum Gasteiger partial charge on any atom is 0.271 e. The van der Waals surface area contributed by atoms with E-state index in [4.69, 9.17) is 4.42 Å². The Morgan fingerprint density at radius 2 is 1.88 bits per heavy atom. The van der Waals surface area contributed by atoms with E-state index >= 15 is 0 Å². The van der Waals surface area contributed by atoms with Crippen LogP contribution in [0.1, 0.15) is 50.0 Å². The molecule has 1 atom stereocenters. The molecule has 5 rings (SSSR count). The molecule has 2 fully saturated rings. The van der Waals surface area contributed by atoms with Gasteiger partial charge in [-0.05, 0) is 45.6 Å². The van der Waals surface area contributed by atoms with Crippen molar-refractivity contribution in [1.82, 2.24) is 24.6 Å². The summed E-state index contributed by atoms with van der Waals surface area (Å²) in [5.74, 6) is 0.600. The van der Waals surface area contributed by atoms with E-state index in [9.17, 15) is 9.59 Å². The number of carbonyl (C=O) groups is 2. The van der Waals surface area contributed by atoms with Gasteiger partial charge < -0.3 is 24.1 Å². The number of aromatic nitrogens is 1. The monoisotopic (exact) mass is 455 g/mol. The summed E-state index contributed by atoms with van der Waals surface area (Å²) in [7, 11) is 2.14. The van der Waals surface area contributed by atoms with Crippen molar-refractivity contribution in [2.75, 3.05) is 46.3 Å². The van der Waals surface area contributed by atoms with Gasteiger partial charge in [0.15, 0.2) is 5.58 Å². The maximum absolute atomic E-state index is 13.8. The Morgan fingerprint density at radius 1 is 1.15 bits per heavy atom. The summed E-state index contributed by atoms with van der Waals surface area (Å²) in [6.45, 7) is 10.0. The number of fused-ring (bicyclic) bond motifs is 3. The van der Waals surface area contributed by atoms with Crippen molar-refractivity contribution in [3.8, 4) is 0 Å². The van der Waals surface area contributed by atoms with E-state index in [0.717, 1.165) is 69.8 Å². The zero-order valence-electron chi connectivity index (χ0n) is 20.2. The molecular weight excluding hydrogens is 418 g/mol. The number of nitrogens with one attached hydrogen (secondary N) is 1. The van der Waals surface area contributed by atoms with Crippen LogP contribution in [-0.4, -0.2) is 89.0 Å². The molecule has 2 aromatic rings. The third-order valence-electron chi connectivity index (χ3n) is 8.12. The van der Waals surface area contributed by atoms with Crippen LogP contribution < -0.4 is 5.32 Å². The molecule has 2 aliphatic heterocycles. The molecule has 4 heterocycles. The number of amides is 2. The minimum atomic E-state index is -0.942. The molecule has 0 spiro atoms. The van der Waals surface area contributed by atoms with Crippen LogP contribution in [0.4, 0.5) is 0 Å². The molecule has 0 bridgehead atoms. The van der Waals surface area contributed by atoms with Crippen molar-refractivity contribution < 1.29 is 14.0 Å². The molecule has 1 unspecified atom stereocenters. The van der Waals surface area contributed by atoms with Gasteiger partial charge in [0.05, 0.1) is 18.3 Å². The summed E-state index contributed by atoms with van der Waals surface area (Å²) in [5.41, 5.74) is 1.24. The summed E-state index contributed by atoms with van der Waals surface area (Å²) in [6.07, 6.45) is 5.96. The van der Waals surface area contributed by atoms with E-state index in [1.54, 1.807) is 6.26 Å². The second kappa shape index (κ2) is 8.80. The maximum atomic E-state index is 13.8. The highest BCUT2D eigenvalue weighted by Gasteiger charge is 2.48. The van der Waals surface area contributed by atoms with Crippen LogP contribution in [0.5, 0.6) is 0 Å². The number of likely N-dealkylation sites (N-methyl/N-ethyl adjacent to an activating group) is 1. The van der Waals surface area contributed by atoms with Crippen molar-refractivity contribution in [1.29, 1.82) is 0 Å². The van der Waals surface area contributed by atoms with Gasteiger partial charge in [-0.3, -0.25) is 14.5 Å². The van der Waals surface area contributed by atoms with Gasteiger partial charge in [0, 0.05) is 57.4 Å². The Balaban J connectivity index is 1.39. The number of hydrogen-bond donors (Lipinski definition) is 1. The predicted octanol–water partition coefficient (Wildman–Crippen LogP) is 2.39. The lowest BCUT2D eigenvalue weighted by Gasteiger charge is -2.45. The van der Waals surface area contributed by atoms with Crippen LogP contribution in [0.2, 0.25) is 0 Å². The van der Waals surface area contributed by atoms with Gasteiger partial charge >= 0.3 is 0 Å². The largest absolute Gasteiger partial charge is 0.463 e. The number of nitrogens with zero attached hydrogens (tertiary/aromatic N) is 4. The van der Waals surface area contributed by atoms with Crippen molar-refractivity contribution in [2.45, 2.75) is 57.7 Å². The third-order valence-corrected chi connectivity index (χ3v) is 8.12. The van der Waals surface area contributed by atoms with E-state index in [-0.39, 0.29) is 17.9 Å². The summed E-state index contributed by atoms with van der Waals surface area (Å²) < 4.78 is 7.54. The molecule has 0 radical (unpaired) electrons. The quantitative estimate of drug-likeness (QED) is 0.750. The second-order valence-electron chi connectivity index (χ2n) is 10.6. The fraction of sp³-hybridized carbons (Fsp3) is 0.680. The number of piperazine rings is 1. The fourth-order valence-electron chi connectivity index (χ4n) is 5.68. The van der Waals surface area contributed by atoms with E-state index in [0.29, 0.717) is 24.4 Å². The van der Waals surface area contributed by atoms with E-state index in [1.807, 2.05) is 28.5 Å². The minimum absolute atomic E-state index is 0.0372. The van der Waals surface area contributed by atoms with Crippen molar-refractivity contribution in [2.24, 2.45) is 5.92 Å². The Labute approximate surface area is 195 Å². The molecule has 2 amide bonds. The van der Waals surface area contributed by atoms with E-state index in [1.165, 1.54) is 0 Å². The lowest BCUT2D eigenvalue weighted by atomic mass is 9.86. The van der Waals surface area contributed by atoms with E-state index < -0.39 is 5.54 Å². The highest BCUT2D eigenvalue weighted by atomic mass is 16.3. The standard InChI is InChI=1S/C25H37N5O3/c1-18-4-6-19(7-5-18)26-24(32)25(2)17-29-20-8-15-33-22(20)16-21(29)23(31)30(25)14-13-28-11-9-27(3)10-12-28/h8,15-16,18-19H,4-7,9-14,17H2,1-3H3,(H,26,32). The number of furan rings is 1. The van der Waals surface area contributed by atoms with Crippen LogP contribution in [0.15, 0.2) is 22.8 Å². The van der Waals surface area contributed by atoms with Gasteiger partial charge in [0.1, 0.15) is 11.2 Å². The number of carbonyl (C=O) groups excluding carboxylic acids is 2.